The van der Waals surface area contributed by atoms with Gasteiger partial charge in [-0.25, -0.2) is 24.8 Å². The van der Waals surface area contributed by atoms with Crippen LogP contribution in [0, 0.1) is 0 Å². The lowest BCUT2D eigenvalue weighted by molar-refractivity contribution is 0.0697. The molecule has 5 aliphatic heterocycles. The molecule has 8 bridgehead atoms. The van der Waals surface area contributed by atoms with E-state index in [1.807, 2.05) is 97.1 Å². The number of rotatable bonds is 5. The second-order valence-electron chi connectivity index (χ2n) is 12.4. The van der Waals surface area contributed by atoms with Crippen molar-refractivity contribution >= 4 is 51.1 Å². The lowest BCUT2D eigenvalue weighted by Crippen LogP contribution is -2.07. The summed E-state index contributed by atoms with van der Waals surface area (Å²) in [7, 11) is 0. The highest BCUT2D eigenvalue weighted by molar-refractivity contribution is 6.48. The Balaban J connectivity index is 1.35. The number of carboxylic acid groups (broad SMARTS) is 1. The molecule has 0 amide bonds. The van der Waals surface area contributed by atoms with Crippen LogP contribution in [-0.2, 0) is 0 Å². The summed E-state index contributed by atoms with van der Waals surface area (Å²) in [5.74, 6) is -0.989. The summed E-state index contributed by atoms with van der Waals surface area (Å²) in [6.07, 6.45) is 16.2. The predicted molar refractivity (Wildman–Crippen MR) is 207 cm³/mol. The van der Waals surface area contributed by atoms with E-state index in [-0.39, 0.29) is 5.56 Å². The Morgan fingerprint density at radius 3 is 1.57 bits per heavy atom. The van der Waals surface area contributed by atoms with Gasteiger partial charge in [-0.3, -0.25) is 0 Å². The number of benzene rings is 4. The highest BCUT2D eigenvalue weighted by Crippen LogP contribution is 2.39. The number of hydrogen-bond donors (Lipinski definition) is 1. The van der Waals surface area contributed by atoms with Gasteiger partial charge in [-0.15, -0.1) is 0 Å². The fourth-order valence-corrected chi connectivity index (χ4v) is 6.85. The van der Waals surface area contributed by atoms with E-state index in [1.54, 1.807) is 18.2 Å². The first-order valence-corrected chi connectivity index (χ1v) is 16.7. The molecule has 4 aromatic carbocycles. The monoisotopic (exact) mass is 656 g/mol. The van der Waals surface area contributed by atoms with Gasteiger partial charge >= 0.3 is 5.97 Å². The minimum atomic E-state index is -0.989. The zero-order valence-corrected chi connectivity index (χ0v) is 27.2. The van der Waals surface area contributed by atoms with Gasteiger partial charge in [-0.1, -0.05) is 103 Å². The van der Waals surface area contributed by atoms with Gasteiger partial charge < -0.3 is 5.11 Å². The van der Waals surface area contributed by atoms with Crippen LogP contribution < -0.4 is 0 Å². The first-order chi connectivity index (χ1) is 25.1. The van der Waals surface area contributed by atoms with Crippen molar-refractivity contribution in [2.75, 3.05) is 0 Å². The fraction of sp³-hybridized carbons (Fsp3) is 0. The Labute approximate surface area is 294 Å². The van der Waals surface area contributed by atoms with Gasteiger partial charge in [0.15, 0.2) is 0 Å². The second kappa shape index (κ2) is 12.4. The van der Waals surface area contributed by atoms with Crippen LogP contribution in [0.5, 0.6) is 0 Å². The Hall–Kier alpha value is -7.05. The summed E-state index contributed by atoms with van der Waals surface area (Å²) in [4.78, 5) is 33.0. The molecule has 0 atom stereocenters. The largest absolute Gasteiger partial charge is 0.478 e. The highest BCUT2D eigenvalue weighted by Gasteiger charge is 2.28. The lowest BCUT2D eigenvalue weighted by Gasteiger charge is -2.14. The maximum Gasteiger partial charge on any atom is 0.335 e. The molecule has 240 valence electrons. The molecule has 5 aliphatic rings. The molecule has 51 heavy (non-hydrogen) atoms. The quantitative estimate of drug-likeness (QED) is 0.232. The van der Waals surface area contributed by atoms with Gasteiger partial charge in [0.05, 0.1) is 51.2 Å². The van der Waals surface area contributed by atoms with Crippen LogP contribution in [0.3, 0.4) is 0 Å². The summed E-state index contributed by atoms with van der Waals surface area (Å²) >= 11 is 0. The van der Waals surface area contributed by atoms with Crippen molar-refractivity contribution in [1.82, 2.24) is 0 Å². The third kappa shape index (κ3) is 5.55. The van der Waals surface area contributed by atoms with Crippen molar-refractivity contribution in [1.29, 1.82) is 0 Å². The molecule has 0 saturated carbocycles. The lowest BCUT2D eigenvalue weighted by atomic mass is 9.90. The van der Waals surface area contributed by atoms with Crippen LogP contribution in [0.4, 0.5) is 0 Å². The van der Waals surface area contributed by atoms with E-state index in [0.29, 0.717) is 11.4 Å². The van der Waals surface area contributed by atoms with E-state index in [1.165, 1.54) is 0 Å². The summed E-state index contributed by atoms with van der Waals surface area (Å²) < 4.78 is 0. The van der Waals surface area contributed by atoms with Gasteiger partial charge in [-0.2, -0.15) is 0 Å². The average Bonchev–Trinajstić information content (AvgIpc) is 4.00. The van der Waals surface area contributed by atoms with Crippen molar-refractivity contribution in [3.8, 4) is 0 Å². The van der Waals surface area contributed by atoms with Crippen LogP contribution in [0.15, 0.2) is 207 Å². The standard InChI is InChI=1S/C45H28N4O2/c50-45(51)32-18-10-17-31(25-32)35-27-34-26-33-19-20-36(46-33)41(28-11-4-1-5-12-28)37-21-22-38(48-37)42(29-13-6-2-7-14-29)39-23-24-40(49-39)43(44(35)47-34)30-15-8-3-9-16-30/h1-27H,(H,50,51). The smallest absolute Gasteiger partial charge is 0.335 e. The Morgan fingerprint density at radius 2 is 0.980 bits per heavy atom. The van der Waals surface area contributed by atoms with E-state index in [4.69, 9.17) is 20.0 Å². The Kier molecular flexibility index (Phi) is 7.33. The summed E-state index contributed by atoms with van der Waals surface area (Å²) in [6.45, 7) is 0. The first-order valence-electron chi connectivity index (χ1n) is 16.7. The van der Waals surface area contributed by atoms with E-state index in [2.05, 4.69) is 48.6 Å². The topological polar surface area (TPSA) is 86.7 Å². The minimum absolute atomic E-state index is 0.202. The van der Waals surface area contributed by atoms with Crippen LogP contribution >= 0.6 is 0 Å². The van der Waals surface area contributed by atoms with Crippen LogP contribution in [-0.4, -0.2) is 33.9 Å². The number of carbonyl (C=O) groups is 1. The van der Waals surface area contributed by atoms with Crippen LogP contribution in [0.1, 0.15) is 32.6 Å². The number of allylic oxidation sites excluding steroid dienone is 12. The molecule has 0 fully saturated rings. The second-order valence-corrected chi connectivity index (χ2v) is 12.4. The van der Waals surface area contributed by atoms with Gasteiger partial charge in [0, 0.05) is 22.3 Å². The zero-order chi connectivity index (χ0) is 34.3. The highest BCUT2D eigenvalue weighted by atomic mass is 16.4. The van der Waals surface area contributed by atoms with Gasteiger partial charge in [0.1, 0.15) is 0 Å². The summed E-state index contributed by atoms with van der Waals surface area (Å²) in [6, 6.07) is 37.5. The Bertz CT molecular complexity index is 2550. The van der Waals surface area contributed by atoms with E-state index in [0.717, 1.165) is 78.8 Å². The van der Waals surface area contributed by atoms with Crippen molar-refractivity contribution in [2.45, 2.75) is 0 Å². The molecule has 0 unspecified atom stereocenters. The molecule has 0 radical (unpaired) electrons. The molecule has 0 aromatic heterocycles. The molecule has 6 nitrogen and oxygen atoms in total. The molecular formula is C45H28N4O2. The number of hydrogen-bond acceptors (Lipinski definition) is 5. The van der Waals surface area contributed by atoms with E-state index >= 15 is 0 Å². The number of nitrogens with zero attached hydrogens (tertiary/aromatic N) is 4. The van der Waals surface area contributed by atoms with Crippen LogP contribution in [0.2, 0.25) is 0 Å². The fourth-order valence-electron chi connectivity index (χ4n) is 6.85. The molecule has 5 heterocycles. The molecule has 0 saturated heterocycles. The molecular weight excluding hydrogens is 629 g/mol. The SMILES string of the molecule is O=C(O)c1cccc(C2=CC3=CC4=NC(=C(c5ccccc5)C5=NC(=C(c6ccccc6)C6=NC(=C(c7ccccc7)C2=N3)C=C6)C=C5)C=C4)c1. The molecule has 9 rings (SSSR count). The normalized spacial score (nSPS) is 17.4. The first kappa shape index (κ1) is 30.0. The molecule has 0 spiro atoms. The molecule has 4 aromatic rings. The van der Waals surface area contributed by atoms with Gasteiger partial charge in [-0.05, 0) is 83.0 Å². The van der Waals surface area contributed by atoms with Gasteiger partial charge in [0.25, 0.3) is 0 Å². The number of aliphatic imine (C=N–C) groups is 4. The minimum Gasteiger partial charge on any atom is -0.478 e. The van der Waals surface area contributed by atoms with E-state index < -0.39 is 5.97 Å². The maximum absolute atomic E-state index is 12.1. The number of carboxylic acids is 1. The third-order valence-electron chi connectivity index (χ3n) is 9.15. The maximum atomic E-state index is 12.1. The van der Waals surface area contributed by atoms with E-state index in [9.17, 15) is 9.90 Å². The molecule has 1 N–H and O–H groups in total. The van der Waals surface area contributed by atoms with Crippen molar-refractivity contribution in [3.63, 3.8) is 0 Å². The Morgan fingerprint density at radius 1 is 0.471 bits per heavy atom. The summed E-state index contributed by atoms with van der Waals surface area (Å²) in [5.41, 5.74) is 13.5. The molecule has 0 aliphatic carbocycles. The number of aromatic carboxylic acids is 1. The zero-order valence-electron chi connectivity index (χ0n) is 27.2. The van der Waals surface area contributed by atoms with Crippen LogP contribution in [0.25, 0.3) is 22.3 Å². The molecule has 6 heteroatoms. The summed E-state index contributed by atoms with van der Waals surface area (Å²) in [5, 5.41) is 9.88. The predicted octanol–water partition coefficient (Wildman–Crippen LogP) is 9.39. The number of fused-ring (bicyclic) bond motifs is 4. The van der Waals surface area contributed by atoms with Crippen molar-refractivity contribution in [2.24, 2.45) is 20.0 Å². The average molecular weight is 657 g/mol. The van der Waals surface area contributed by atoms with Crippen molar-refractivity contribution < 1.29 is 9.90 Å². The third-order valence-corrected chi connectivity index (χ3v) is 9.15. The van der Waals surface area contributed by atoms with Gasteiger partial charge in [0.2, 0.25) is 0 Å². The van der Waals surface area contributed by atoms with Crippen molar-refractivity contribution in [3.05, 3.63) is 214 Å².